The minimum absolute atomic E-state index is 0.176. The second kappa shape index (κ2) is 6.77. The van der Waals surface area contributed by atoms with Gasteiger partial charge >= 0.3 is 5.97 Å². The van der Waals surface area contributed by atoms with E-state index in [1.165, 1.54) is 0 Å². The van der Waals surface area contributed by atoms with E-state index in [1.807, 2.05) is 5.32 Å². The molecule has 1 aromatic rings. The third-order valence-electron chi connectivity index (χ3n) is 2.15. The molecule has 0 radical (unpaired) electrons. The molecule has 0 heterocycles. The van der Waals surface area contributed by atoms with Crippen LogP contribution in [0, 0.1) is 17.5 Å². The standard InChI is InChI=1S/C12H12F3NO3/c1-2-19-12(18)4-3-11(17)16-10-6-8(14)7(13)5-9(10)15/h5-6H,2-4H2,1H3,(H,16,17). The summed E-state index contributed by atoms with van der Waals surface area (Å²) in [6.45, 7) is 1.81. The van der Waals surface area contributed by atoms with Crippen LogP contribution < -0.4 is 5.32 Å². The van der Waals surface area contributed by atoms with E-state index in [9.17, 15) is 22.8 Å². The van der Waals surface area contributed by atoms with Crippen LogP contribution in [-0.4, -0.2) is 18.5 Å². The van der Waals surface area contributed by atoms with Crippen LogP contribution in [0.25, 0.3) is 0 Å². The van der Waals surface area contributed by atoms with Crippen LogP contribution in [0.4, 0.5) is 18.9 Å². The van der Waals surface area contributed by atoms with E-state index in [0.29, 0.717) is 12.1 Å². The minimum Gasteiger partial charge on any atom is -0.466 e. The van der Waals surface area contributed by atoms with Gasteiger partial charge in [0.15, 0.2) is 11.6 Å². The number of carbonyl (C=O) groups is 2. The Bertz CT molecular complexity index is 491. The predicted molar refractivity (Wildman–Crippen MR) is 60.8 cm³/mol. The first kappa shape index (κ1) is 15.0. The summed E-state index contributed by atoms with van der Waals surface area (Å²) in [7, 11) is 0. The first-order valence-corrected chi connectivity index (χ1v) is 5.54. The lowest BCUT2D eigenvalue weighted by Crippen LogP contribution is -2.15. The fourth-order valence-corrected chi connectivity index (χ4v) is 1.28. The maximum absolute atomic E-state index is 13.2. The topological polar surface area (TPSA) is 55.4 Å². The number of nitrogens with one attached hydrogen (secondary N) is 1. The van der Waals surface area contributed by atoms with Crippen molar-refractivity contribution in [3.8, 4) is 0 Å². The van der Waals surface area contributed by atoms with E-state index in [-0.39, 0.29) is 19.4 Å². The van der Waals surface area contributed by atoms with Gasteiger partial charge < -0.3 is 10.1 Å². The summed E-state index contributed by atoms with van der Waals surface area (Å²) >= 11 is 0. The lowest BCUT2D eigenvalue weighted by atomic mass is 10.2. The predicted octanol–water partition coefficient (Wildman–Crippen LogP) is 2.39. The van der Waals surface area contributed by atoms with Crippen LogP contribution in [0.3, 0.4) is 0 Å². The average molecular weight is 275 g/mol. The molecule has 0 atom stereocenters. The molecule has 1 N–H and O–H groups in total. The van der Waals surface area contributed by atoms with Crippen molar-refractivity contribution in [3.63, 3.8) is 0 Å². The first-order chi connectivity index (χ1) is 8.93. The monoisotopic (exact) mass is 275 g/mol. The molecule has 0 saturated heterocycles. The summed E-state index contributed by atoms with van der Waals surface area (Å²) in [5.41, 5.74) is -0.479. The van der Waals surface area contributed by atoms with Crippen LogP contribution in [0.1, 0.15) is 19.8 Å². The molecule has 0 spiro atoms. The molecular formula is C12H12F3NO3. The summed E-state index contributed by atoms with van der Waals surface area (Å²) in [5, 5.41) is 2.05. The molecule has 19 heavy (non-hydrogen) atoms. The Hall–Kier alpha value is -2.05. The Morgan fingerprint density at radius 2 is 1.74 bits per heavy atom. The Morgan fingerprint density at radius 3 is 2.37 bits per heavy atom. The molecule has 104 valence electrons. The van der Waals surface area contributed by atoms with Gasteiger partial charge in [0, 0.05) is 18.6 Å². The molecule has 0 saturated carbocycles. The molecule has 7 heteroatoms. The van der Waals surface area contributed by atoms with Gasteiger partial charge in [-0.3, -0.25) is 9.59 Å². The van der Waals surface area contributed by atoms with Gasteiger partial charge in [-0.05, 0) is 6.92 Å². The van der Waals surface area contributed by atoms with Crippen LogP contribution in [0.2, 0.25) is 0 Å². The zero-order valence-electron chi connectivity index (χ0n) is 10.1. The van der Waals surface area contributed by atoms with Gasteiger partial charge in [-0.25, -0.2) is 13.2 Å². The lowest BCUT2D eigenvalue weighted by Gasteiger charge is -2.07. The van der Waals surface area contributed by atoms with Gasteiger partial charge in [-0.15, -0.1) is 0 Å². The number of ether oxygens (including phenoxy) is 1. The second-order valence-corrected chi connectivity index (χ2v) is 3.60. The van der Waals surface area contributed by atoms with Crippen molar-refractivity contribution in [1.82, 2.24) is 0 Å². The second-order valence-electron chi connectivity index (χ2n) is 3.60. The number of halogens is 3. The van der Waals surface area contributed by atoms with Crippen molar-refractivity contribution in [3.05, 3.63) is 29.6 Å². The number of amides is 1. The number of hydrogen-bond donors (Lipinski definition) is 1. The van der Waals surface area contributed by atoms with Gasteiger partial charge in [-0.1, -0.05) is 0 Å². The minimum atomic E-state index is -1.35. The van der Waals surface area contributed by atoms with Crippen molar-refractivity contribution >= 4 is 17.6 Å². The van der Waals surface area contributed by atoms with Gasteiger partial charge in [0.2, 0.25) is 5.91 Å². The fourth-order valence-electron chi connectivity index (χ4n) is 1.28. The number of esters is 1. The lowest BCUT2D eigenvalue weighted by molar-refractivity contribution is -0.144. The van der Waals surface area contributed by atoms with E-state index < -0.39 is 35.0 Å². The zero-order valence-corrected chi connectivity index (χ0v) is 10.1. The summed E-state index contributed by atoms with van der Waals surface area (Å²) < 4.78 is 43.3. The number of carbonyl (C=O) groups excluding carboxylic acids is 2. The molecule has 0 bridgehead atoms. The number of rotatable bonds is 5. The maximum atomic E-state index is 13.2. The first-order valence-electron chi connectivity index (χ1n) is 5.54. The molecule has 1 rings (SSSR count). The van der Waals surface area contributed by atoms with Gasteiger partial charge in [-0.2, -0.15) is 0 Å². The molecule has 0 aliphatic heterocycles. The van der Waals surface area contributed by atoms with E-state index in [1.54, 1.807) is 6.92 Å². The maximum Gasteiger partial charge on any atom is 0.306 e. The van der Waals surface area contributed by atoms with Crippen molar-refractivity contribution in [2.75, 3.05) is 11.9 Å². The van der Waals surface area contributed by atoms with Crippen LogP contribution in [-0.2, 0) is 14.3 Å². The fraction of sp³-hybridized carbons (Fsp3) is 0.333. The van der Waals surface area contributed by atoms with E-state index in [4.69, 9.17) is 0 Å². The molecule has 4 nitrogen and oxygen atoms in total. The highest BCUT2D eigenvalue weighted by molar-refractivity contribution is 5.92. The largest absolute Gasteiger partial charge is 0.466 e. The van der Waals surface area contributed by atoms with E-state index >= 15 is 0 Å². The Labute approximate surface area is 107 Å². The SMILES string of the molecule is CCOC(=O)CCC(=O)Nc1cc(F)c(F)cc1F. The normalized spacial score (nSPS) is 10.1. The van der Waals surface area contributed by atoms with Gasteiger partial charge in [0.05, 0.1) is 18.7 Å². The molecule has 0 unspecified atom stereocenters. The Kier molecular flexibility index (Phi) is 5.35. The van der Waals surface area contributed by atoms with Crippen LogP contribution >= 0.6 is 0 Å². The van der Waals surface area contributed by atoms with Gasteiger partial charge in [0.1, 0.15) is 5.82 Å². The summed E-state index contributed by atoms with van der Waals surface area (Å²) in [5.74, 6) is -4.98. The van der Waals surface area contributed by atoms with Crippen LogP contribution in [0.5, 0.6) is 0 Å². The number of benzene rings is 1. The highest BCUT2D eigenvalue weighted by Crippen LogP contribution is 2.18. The van der Waals surface area contributed by atoms with Gasteiger partial charge in [0.25, 0.3) is 0 Å². The third kappa shape index (κ3) is 4.61. The molecule has 1 amide bonds. The molecule has 1 aromatic carbocycles. The quantitative estimate of drug-likeness (QED) is 0.663. The Morgan fingerprint density at radius 1 is 1.11 bits per heavy atom. The van der Waals surface area contributed by atoms with Crippen molar-refractivity contribution in [2.45, 2.75) is 19.8 Å². The Balaban J connectivity index is 2.58. The molecular weight excluding hydrogens is 263 g/mol. The van der Waals surface area contributed by atoms with Crippen molar-refractivity contribution in [2.24, 2.45) is 0 Å². The zero-order chi connectivity index (χ0) is 14.4. The molecule has 0 aromatic heterocycles. The van der Waals surface area contributed by atoms with E-state index in [2.05, 4.69) is 4.74 Å². The van der Waals surface area contributed by atoms with E-state index in [0.717, 1.165) is 0 Å². The number of anilines is 1. The van der Waals surface area contributed by atoms with Crippen molar-refractivity contribution in [1.29, 1.82) is 0 Å². The molecule has 0 fully saturated rings. The highest BCUT2D eigenvalue weighted by atomic mass is 19.2. The summed E-state index contributed by atoms with van der Waals surface area (Å²) in [6.07, 6.45) is -0.414. The molecule has 0 aliphatic rings. The third-order valence-corrected chi connectivity index (χ3v) is 2.15. The number of hydrogen-bond acceptors (Lipinski definition) is 3. The summed E-state index contributed by atoms with van der Waals surface area (Å²) in [6, 6.07) is 0.864. The van der Waals surface area contributed by atoms with Crippen molar-refractivity contribution < 1.29 is 27.5 Å². The average Bonchev–Trinajstić information content (AvgIpc) is 2.34. The summed E-state index contributed by atoms with van der Waals surface area (Å²) in [4.78, 5) is 22.3. The smallest absolute Gasteiger partial charge is 0.306 e. The highest BCUT2D eigenvalue weighted by Gasteiger charge is 2.13. The van der Waals surface area contributed by atoms with Crippen LogP contribution in [0.15, 0.2) is 12.1 Å². The molecule has 0 aliphatic carbocycles.